The van der Waals surface area contributed by atoms with Gasteiger partial charge in [0, 0.05) is 19.1 Å². The Morgan fingerprint density at radius 2 is 2.00 bits per heavy atom. The number of nitrogens with one attached hydrogen (secondary N) is 1. The minimum Gasteiger partial charge on any atom is -0.309 e. The third kappa shape index (κ3) is 4.71. The Bertz CT molecular complexity index is 419. The van der Waals surface area contributed by atoms with Crippen LogP contribution in [0.3, 0.4) is 0 Å². The number of likely N-dealkylation sites (tertiary alicyclic amines) is 1. The highest BCUT2D eigenvalue weighted by molar-refractivity contribution is 5.19. The number of nitrogens with zero attached hydrogens (tertiary/aromatic N) is 1. The van der Waals surface area contributed by atoms with Gasteiger partial charge in [0.1, 0.15) is 0 Å². The molecule has 1 fully saturated rings. The van der Waals surface area contributed by atoms with E-state index in [-0.39, 0.29) is 19.0 Å². The van der Waals surface area contributed by atoms with Crippen molar-refractivity contribution in [2.24, 2.45) is 5.92 Å². The fraction of sp³-hybridized carbons (Fsp3) is 0.625. The Kier molecular flexibility index (Phi) is 5.65. The number of likely N-dealkylation sites (N-methyl/N-ethyl adjacent to an activating group) is 1. The number of hydrogen-bond acceptors (Lipinski definition) is 2. The molecule has 1 aromatic carbocycles. The average Bonchev–Trinajstić information content (AvgIpc) is 2.47. The first-order valence-electron chi connectivity index (χ1n) is 7.58. The molecule has 0 saturated carbocycles. The molecule has 0 bridgehead atoms. The highest BCUT2D eigenvalue weighted by atomic mass is 19.4. The number of alkyl halides is 3. The molecule has 21 heavy (non-hydrogen) atoms. The topological polar surface area (TPSA) is 15.3 Å². The summed E-state index contributed by atoms with van der Waals surface area (Å²) in [6.45, 7) is 4.32. The van der Waals surface area contributed by atoms with Crippen molar-refractivity contribution in [3.63, 3.8) is 0 Å². The smallest absolute Gasteiger partial charge is 0.309 e. The number of halogens is 3. The van der Waals surface area contributed by atoms with E-state index in [2.05, 4.69) is 5.32 Å². The molecule has 1 saturated heterocycles. The van der Waals surface area contributed by atoms with E-state index in [1.807, 2.05) is 42.2 Å². The van der Waals surface area contributed by atoms with Gasteiger partial charge in [-0.05, 0) is 31.5 Å². The Hall–Kier alpha value is -1.07. The summed E-state index contributed by atoms with van der Waals surface area (Å²) in [5.41, 5.74) is 1.13. The third-order valence-electron chi connectivity index (χ3n) is 4.06. The van der Waals surface area contributed by atoms with Gasteiger partial charge < -0.3 is 10.2 Å². The van der Waals surface area contributed by atoms with Crippen molar-refractivity contribution in [2.45, 2.75) is 32.0 Å². The first kappa shape index (κ1) is 16.3. The first-order chi connectivity index (χ1) is 10.0. The zero-order valence-electron chi connectivity index (χ0n) is 12.4. The van der Waals surface area contributed by atoms with Crippen molar-refractivity contribution in [1.29, 1.82) is 0 Å². The van der Waals surface area contributed by atoms with Gasteiger partial charge in [-0.15, -0.1) is 0 Å². The maximum atomic E-state index is 12.9. The second-order valence-electron chi connectivity index (χ2n) is 5.66. The molecule has 0 radical (unpaired) electrons. The zero-order valence-corrected chi connectivity index (χ0v) is 12.4. The monoisotopic (exact) mass is 300 g/mol. The Labute approximate surface area is 124 Å². The normalized spacial score (nSPS) is 22.2. The molecule has 1 aliphatic heterocycles. The van der Waals surface area contributed by atoms with Crippen molar-refractivity contribution in [3.05, 3.63) is 35.9 Å². The van der Waals surface area contributed by atoms with Crippen LogP contribution >= 0.6 is 0 Å². The fourth-order valence-electron chi connectivity index (χ4n) is 2.97. The van der Waals surface area contributed by atoms with E-state index in [0.717, 1.165) is 18.7 Å². The summed E-state index contributed by atoms with van der Waals surface area (Å²) in [5, 5.41) is 3.38. The summed E-state index contributed by atoms with van der Waals surface area (Å²) in [4.78, 5) is 1.95. The summed E-state index contributed by atoms with van der Waals surface area (Å²) in [7, 11) is 0. The van der Waals surface area contributed by atoms with E-state index in [1.165, 1.54) is 0 Å². The highest BCUT2D eigenvalue weighted by Crippen LogP contribution is 2.33. The molecule has 0 spiro atoms. The molecule has 2 unspecified atom stereocenters. The molecule has 1 aliphatic rings. The second kappa shape index (κ2) is 7.27. The summed E-state index contributed by atoms with van der Waals surface area (Å²) in [6.07, 6.45) is -3.19. The Morgan fingerprint density at radius 1 is 1.29 bits per heavy atom. The number of hydrogen-bond donors (Lipinski definition) is 1. The van der Waals surface area contributed by atoms with Gasteiger partial charge in [0.15, 0.2) is 0 Å². The van der Waals surface area contributed by atoms with Gasteiger partial charge in [-0.1, -0.05) is 37.3 Å². The predicted molar refractivity (Wildman–Crippen MR) is 78.1 cm³/mol. The molecule has 2 atom stereocenters. The van der Waals surface area contributed by atoms with Gasteiger partial charge in [0.05, 0.1) is 5.92 Å². The lowest BCUT2D eigenvalue weighted by Gasteiger charge is -2.36. The van der Waals surface area contributed by atoms with E-state index >= 15 is 0 Å². The van der Waals surface area contributed by atoms with E-state index < -0.39 is 12.1 Å². The van der Waals surface area contributed by atoms with E-state index in [0.29, 0.717) is 13.0 Å². The lowest BCUT2D eigenvalue weighted by molar-refractivity contribution is -0.186. The molecule has 2 rings (SSSR count). The van der Waals surface area contributed by atoms with Gasteiger partial charge in [-0.25, -0.2) is 0 Å². The van der Waals surface area contributed by atoms with Gasteiger partial charge >= 0.3 is 6.18 Å². The van der Waals surface area contributed by atoms with Gasteiger partial charge in [0.25, 0.3) is 0 Å². The largest absolute Gasteiger partial charge is 0.393 e. The van der Waals surface area contributed by atoms with Crippen LogP contribution in [0.1, 0.15) is 31.4 Å². The van der Waals surface area contributed by atoms with E-state index in [1.54, 1.807) is 0 Å². The molecular formula is C16H23F3N2. The summed E-state index contributed by atoms with van der Waals surface area (Å²) in [5.74, 6) is -1.18. The molecule has 1 heterocycles. The van der Waals surface area contributed by atoms with Crippen LogP contribution in [-0.4, -0.2) is 37.3 Å². The summed E-state index contributed by atoms with van der Waals surface area (Å²) < 4.78 is 38.6. The van der Waals surface area contributed by atoms with Crippen LogP contribution in [0.5, 0.6) is 0 Å². The Morgan fingerprint density at radius 3 is 2.62 bits per heavy atom. The molecule has 0 amide bonds. The van der Waals surface area contributed by atoms with E-state index in [4.69, 9.17) is 0 Å². The number of benzene rings is 1. The molecule has 0 aromatic heterocycles. The van der Waals surface area contributed by atoms with Crippen molar-refractivity contribution in [1.82, 2.24) is 10.2 Å². The fourth-order valence-corrected chi connectivity index (χ4v) is 2.97. The van der Waals surface area contributed by atoms with Crippen LogP contribution in [0, 0.1) is 5.92 Å². The van der Waals surface area contributed by atoms with Gasteiger partial charge in [-0.3, -0.25) is 0 Å². The van der Waals surface area contributed by atoms with E-state index in [9.17, 15) is 13.2 Å². The molecule has 118 valence electrons. The molecule has 2 nitrogen and oxygen atoms in total. The maximum Gasteiger partial charge on any atom is 0.393 e. The average molecular weight is 300 g/mol. The van der Waals surface area contributed by atoms with Gasteiger partial charge in [-0.2, -0.15) is 13.2 Å². The van der Waals surface area contributed by atoms with Gasteiger partial charge in [0.2, 0.25) is 0 Å². The predicted octanol–water partition coefficient (Wildman–Crippen LogP) is 3.61. The van der Waals surface area contributed by atoms with Crippen molar-refractivity contribution in [2.75, 3.05) is 26.2 Å². The van der Waals surface area contributed by atoms with Crippen LogP contribution in [0.15, 0.2) is 30.3 Å². The Balaban J connectivity index is 2.00. The quantitative estimate of drug-likeness (QED) is 0.893. The number of rotatable bonds is 5. The van der Waals surface area contributed by atoms with Crippen molar-refractivity contribution < 1.29 is 13.2 Å². The molecule has 1 aromatic rings. The lowest BCUT2D eigenvalue weighted by Crippen LogP contribution is -2.45. The molecule has 5 heteroatoms. The van der Waals surface area contributed by atoms with Crippen molar-refractivity contribution in [3.8, 4) is 0 Å². The summed E-state index contributed by atoms with van der Waals surface area (Å²) in [6, 6.07) is 10.0. The molecular weight excluding hydrogens is 277 g/mol. The molecule has 0 aliphatic carbocycles. The minimum absolute atomic E-state index is 0.0863. The highest BCUT2D eigenvalue weighted by Gasteiger charge is 2.41. The lowest BCUT2D eigenvalue weighted by atomic mass is 9.96. The second-order valence-corrected chi connectivity index (χ2v) is 5.66. The third-order valence-corrected chi connectivity index (χ3v) is 4.06. The minimum atomic E-state index is -4.07. The standard InChI is InChI=1S/C16H23F3N2/c1-2-20-15(13-7-4-3-5-8-13)12-21-10-6-9-14(11-21)16(17,18)19/h3-5,7-8,14-15,20H,2,6,9-12H2,1H3. The SMILES string of the molecule is CCNC(CN1CCCC(C(F)(F)F)C1)c1ccccc1. The van der Waals surface area contributed by atoms with Crippen LogP contribution in [-0.2, 0) is 0 Å². The van der Waals surface area contributed by atoms with Crippen LogP contribution in [0.2, 0.25) is 0 Å². The zero-order chi connectivity index (χ0) is 15.3. The number of piperidine rings is 1. The first-order valence-corrected chi connectivity index (χ1v) is 7.58. The summed E-state index contributed by atoms with van der Waals surface area (Å²) >= 11 is 0. The van der Waals surface area contributed by atoms with Crippen LogP contribution in [0.25, 0.3) is 0 Å². The van der Waals surface area contributed by atoms with Crippen LogP contribution < -0.4 is 5.32 Å². The van der Waals surface area contributed by atoms with Crippen molar-refractivity contribution >= 4 is 0 Å². The molecule has 1 N–H and O–H groups in total. The maximum absolute atomic E-state index is 12.9. The van der Waals surface area contributed by atoms with Crippen LogP contribution in [0.4, 0.5) is 13.2 Å².